The molecule has 10 nitrogen and oxygen atoms in total. The van der Waals surface area contributed by atoms with Crippen LogP contribution in [-0.4, -0.2) is 50.5 Å². The summed E-state index contributed by atoms with van der Waals surface area (Å²) in [5.41, 5.74) is 0.236. The normalized spacial score (nSPS) is 15.9. The van der Waals surface area contributed by atoms with Gasteiger partial charge in [-0.3, -0.25) is 9.29 Å². The first-order chi connectivity index (χ1) is 17.2. The van der Waals surface area contributed by atoms with Gasteiger partial charge in [0.2, 0.25) is 21.9 Å². The van der Waals surface area contributed by atoms with Crippen LogP contribution in [0.25, 0.3) is 11.4 Å². The molecule has 188 valence electrons. The Morgan fingerprint density at radius 2 is 2.06 bits per heavy atom. The third kappa shape index (κ3) is 5.57. The van der Waals surface area contributed by atoms with Gasteiger partial charge in [0.15, 0.2) is 5.82 Å². The number of hydrogen-bond acceptors (Lipinski definition) is 8. The topological polar surface area (TPSA) is 125 Å². The van der Waals surface area contributed by atoms with E-state index in [0.29, 0.717) is 16.7 Å². The van der Waals surface area contributed by atoms with Gasteiger partial charge < -0.3 is 4.74 Å². The van der Waals surface area contributed by atoms with Gasteiger partial charge in [0.05, 0.1) is 22.4 Å². The zero-order valence-electron chi connectivity index (χ0n) is 18.9. The highest BCUT2D eigenvalue weighted by Gasteiger charge is 2.32. The lowest BCUT2D eigenvalue weighted by Crippen LogP contribution is -2.25. The Morgan fingerprint density at radius 1 is 1.31 bits per heavy atom. The Balaban J connectivity index is 1.69. The fourth-order valence-electron chi connectivity index (χ4n) is 3.34. The van der Waals surface area contributed by atoms with Crippen LogP contribution in [0.1, 0.15) is 18.8 Å². The van der Waals surface area contributed by atoms with Crippen molar-refractivity contribution in [2.75, 3.05) is 17.1 Å². The number of ether oxygens (including phenoxy) is 1. The molecule has 0 saturated carbocycles. The first-order valence-electron chi connectivity index (χ1n) is 10.6. The molecule has 36 heavy (non-hydrogen) atoms. The first-order valence-corrected chi connectivity index (χ1v) is 12.6. The van der Waals surface area contributed by atoms with E-state index < -0.39 is 27.7 Å². The number of aryl methyl sites for hydroxylation is 1. The van der Waals surface area contributed by atoms with E-state index in [9.17, 15) is 17.2 Å². The van der Waals surface area contributed by atoms with Crippen LogP contribution >= 0.6 is 11.6 Å². The van der Waals surface area contributed by atoms with Crippen LogP contribution in [0.3, 0.4) is 0 Å². The molecule has 3 aromatic rings. The van der Waals surface area contributed by atoms with Crippen molar-refractivity contribution in [2.24, 2.45) is 0 Å². The molecule has 4 heterocycles. The highest BCUT2D eigenvalue weighted by Crippen LogP contribution is 2.38. The summed E-state index contributed by atoms with van der Waals surface area (Å²) in [6.45, 7) is 4.97. The molecule has 0 aromatic carbocycles. The second-order valence-electron chi connectivity index (χ2n) is 7.58. The van der Waals surface area contributed by atoms with Gasteiger partial charge in [-0.05, 0) is 19.1 Å². The summed E-state index contributed by atoms with van der Waals surface area (Å²) in [6, 6.07) is 2.26. The van der Waals surface area contributed by atoms with Gasteiger partial charge in [-0.2, -0.15) is 0 Å². The number of halogens is 3. The van der Waals surface area contributed by atoms with E-state index in [2.05, 4.69) is 36.5 Å². The van der Waals surface area contributed by atoms with E-state index in [4.69, 9.17) is 16.3 Å². The molecular weight excluding hydrogens is 516 g/mol. The summed E-state index contributed by atoms with van der Waals surface area (Å²) >= 11 is 5.76. The number of anilines is 1. The highest BCUT2D eigenvalue weighted by molar-refractivity contribution is 7.92. The smallest absolute Gasteiger partial charge is 0.239 e. The third-order valence-corrected chi connectivity index (χ3v) is 6.59. The van der Waals surface area contributed by atoms with E-state index in [1.807, 2.05) is 0 Å². The van der Waals surface area contributed by atoms with Gasteiger partial charge in [0.1, 0.15) is 24.1 Å². The summed E-state index contributed by atoms with van der Waals surface area (Å²) in [5.74, 6) is -1.69. The molecule has 1 aliphatic heterocycles. The monoisotopic (exact) mass is 535 g/mol. The average molecular weight is 536 g/mol. The molecule has 1 aliphatic rings. The molecule has 0 saturated heterocycles. The summed E-state index contributed by atoms with van der Waals surface area (Å²) in [4.78, 5) is 12.1. The maximum atomic E-state index is 14.9. The van der Waals surface area contributed by atoms with Gasteiger partial charge in [0, 0.05) is 36.7 Å². The summed E-state index contributed by atoms with van der Waals surface area (Å²) in [5, 5.41) is 8.40. The maximum Gasteiger partial charge on any atom is 0.239 e. The largest absolute Gasteiger partial charge is 0.475 e. The molecule has 0 amide bonds. The molecule has 0 aliphatic carbocycles. The van der Waals surface area contributed by atoms with E-state index in [1.165, 1.54) is 30.1 Å². The van der Waals surface area contributed by atoms with Crippen LogP contribution < -0.4 is 9.46 Å². The minimum absolute atomic E-state index is 0.000503. The van der Waals surface area contributed by atoms with Crippen LogP contribution in [0.2, 0.25) is 5.02 Å². The number of allylic oxidation sites excluding steroid dienone is 4. The Labute approximate surface area is 210 Å². The van der Waals surface area contributed by atoms with Crippen molar-refractivity contribution >= 4 is 27.6 Å². The summed E-state index contributed by atoms with van der Waals surface area (Å²) in [6.07, 6.45) is 5.99. The van der Waals surface area contributed by atoms with Crippen LogP contribution in [0, 0.1) is 0 Å². The predicted octanol–water partition coefficient (Wildman–Crippen LogP) is 3.98. The van der Waals surface area contributed by atoms with E-state index in [0.717, 1.165) is 6.08 Å². The summed E-state index contributed by atoms with van der Waals surface area (Å²) in [7, 11) is -3.98. The number of hydrogen-bond donors (Lipinski definition) is 1. The van der Waals surface area contributed by atoms with Gasteiger partial charge in [-0.25, -0.2) is 32.2 Å². The standard InChI is InChI=1S/C22H20ClF2N7O3S/c1-3-15(24)9-17(25)13(2)18-12-35-21-16(5-4-7-26-21)20-29-30-22(32(18)20)31-36(33,34)8-6-19-27-10-14(23)11-28-19/h3-5,7,9-11,18H,2,6,8,12H2,1H3,(H,30,31)/b15-3+,17-9+/t18-/m0/s1. The van der Waals surface area contributed by atoms with Gasteiger partial charge in [-0.15, -0.1) is 10.2 Å². The minimum atomic E-state index is -3.98. The Morgan fingerprint density at radius 3 is 2.78 bits per heavy atom. The SMILES string of the molecule is C=C(/C(F)=C\C(F)=C/C)[C@@H]1COc2ncccc2-c2nnc(NS(=O)(=O)CCc3ncc(Cl)cn3)n21. The predicted molar refractivity (Wildman–Crippen MR) is 129 cm³/mol. The third-order valence-electron chi connectivity index (χ3n) is 5.16. The number of aromatic nitrogens is 6. The maximum absolute atomic E-state index is 14.9. The number of rotatable bonds is 8. The molecule has 1 atom stereocenters. The van der Waals surface area contributed by atoms with Crippen molar-refractivity contribution in [3.05, 3.63) is 77.5 Å². The summed E-state index contributed by atoms with van der Waals surface area (Å²) < 4.78 is 63.8. The number of nitrogens with one attached hydrogen (secondary N) is 1. The van der Waals surface area contributed by atoms with Crippen molar-refractivity contribution in [3.8, 4) is 17.3 Å². The second kappa shape index (κ2) is 10.5. The zero-order chi connectivity index (χ0) is 25.9. The van der Waals surface area contributed by atoms with E-state index >= 15 is 0 Å². The van der Waals surface area contributed by atoms with Crippen LogP contribution in [-0.2, 0) is 16.4 Å². The van der Waals surface area contributed by atoms with Crippen molar-refractivity contribution in [1.29, 1.82) is 0 Å². The fraction of sp³-hybridized carbons (Fsp3) is 0.227. The second-order valence-corrected chi connectivity index (χ2v) is 9.86. The molecule has 4 rings (SSSR count). The zero-order valence-corrected chi connectivity index (χ0v) is 20.5. The Kier molecular flexibility index (Phi) is 7.40. The number of fused-ring (bicyclic) bond motifs is 3. The molecule has 1 N–H and O–H groups in total. The number of sulfonamides is 1. The lowest BCUT2D eigenvalue weighted by molar-refractivity contribution is 0.268. The molecule has 0 spiro atoms. The van der Waals surface area contributed by atoms with Gasteiger partial charge >= 0.3 is 0 Å². The molecular formula is C22H20ClF2N7O3S. The molecule has 0 bridgehead atoms. The molecule has 0 radical (unpaired) electrons. The van der Waals surface area contributed by atoms with Gasteiger partial charge in [0.25, 0.3) is 0 Å². The fourth-order valence-corrected chi connectivity index (χ4v) is 4.41. The van der Waals surface area contributed by atoms with Crippen LogP contribution in [0.4, 0.5) is 14.7 Å². The quantitative estimate of drug-likeness (QED) is 0.429. The first kappa shape index (κ1) is 25.4. The van der Waals surface area contributed by atoms with Crippen molar-refractivity contribution in [2.45, 2.75) is 19.4 Å². The van der Waals surface area contributed by atoms with Crippen molar-refractivity contribution in [3.63, 3.8) is 0 Å². The van der Waals surface area contributed by atoms with E-state index in [-0.39, 0.29) is 47.8 Å². The van der Waals surface area contributed by atoms with E-state index in [1.54, 1.807) is 12.1 Å². The number of pyridine rings is 1. The molecule has 3 aromatic heterocycles. The Bertz CT molecular complexity index is 1460. The molecule has 14 heteroatoms. The van der Waals surface area contributed by atoms with Gasteiger partial charge in [-0.1, -0.05) is 24.3 Å². The van der Waals surface area contributed by atoms with Crippen LogP contribution in [0.15, 0.2) is 66.7 Å². The number of nitrogens with zero attached hydrogens (tertiary/aromatic N) is 6. The minimum Gasteiger partial charge on any atom is -0.475 e. The lowest BCUT2D eigenvalue weighted by Gasteiger charge is -2.21. The molecule has 0 fully saturated rings. The van der Waals surface area contributed by atoms with Crippen molar-refractivity contribution < 1.29 is 21.9 Å². The molecule has 0 unspecified atom stereocenters. The van der Waals surface area contributed by atoms with Crippen molar-refractivity contribution in [1.82, 2.24) is 29.7 Å². The highest BCUT2D eigenvalue weighted by atomic mass is 35.5. The average Bonchev–Trinajstić information content (AvgIpc) is 3.17. The van der Waals surface area contributed by atoms with Crippen LogP contribution in [0.5, 0.6) is 5.88 Å². The Hall–Kier alpha value is -3.71. The lowest BCUT2D eigenvalue weighted by atomic mass is 10.1.